The lowest BCUT2D eigenvalue weighted by atomic mass is 9.89. The molecule has 0 amide bonds. The molecule has 11 aromatic rings. The molecule has 0 saturated carbocycles. The van der Waals surface area contributed by atoms with E-state index in [1.54, 1.807) is 0 Å². The van der Waals surface area contributed by atoms with Crippen molar-refractivity contribution < 1.29 is 0 Å². The van der Waals surface area contributed by atoms with Crippen LogP contribution >= 0.6 is 11.3 Å². The summed E-state index contributed by atoms with van der Waals surface area (Å²) >= 11 is 1.87. The van der Waals surface area contributed by atoms with Crippen LogP contribution in [-0.2, 0) is 0 Å². The van der Waals surface area contributed by atoms with Crippen LogP contribution < -0.4 is 4.90 Å². The molecule has 0 spiro atoms. The van der Waals surface area contributed by atoms with Gasteiger partial charge in [0, 0.05) is 26.8 Å². The average molecular weight is 796 g/mol. The largest absolute Gasteiger partial charge is 0.309 e. The molecule has 2 heteroatoms. The second-order valence-corrected chi connectivity index (χ2v) is 16.8. The fourth-order valence-corrected chi connectivity index (χ4v) is 10.2. The summed E-state index contributed by atoms with van der Waals surface area (Å²) in [6.45, 7) is 2.14. The Kier molecular flexibility index (Phi) is 9.34. The van der Waals surface area contributed by atoms with Crippen molar-refractivity contribution in [3.8, 4) is 55.6 Å². The van der Waals surface area contributed by atoms with Gasteiger partial charge >= 0.3 is 0 Å². The normalized spacial score (nSPS) is 11.4. The lowest BCUT2D eigenvalue weighted by Gasteiger charge is -2.27. The minimum absolute atomic E-state index is 1.11. The van der Waals surface area contributed by atoms with Crippen molar-refractivity contribution in [2.45, 2.75) is 6.92 Å². The summed E-state index contributed by atoms with van der Waals surface area (Å²) in [6.07, 6.45) is 0. The molecule has 1 aromatic heterocycles. The van der Waals surface area contributed by atoms with Crippen molar-refractivity contribution in [2.24, 2.45) is 0 Å². The van der Waals surface area contributed by atoms with Crippen molar-refractivity contribution in [3.63, 3.8) is 0 Å². The number of hydrogen-bond acceptors (Lipinski definition) is 2. The SMILES string of the molecule is Cc1ccc(-c2ccccc2-c2ccccc2-c2ccc(N(c3ccc(-c4cccc5cccc(-c6ccccc6)c45)cc3)c3cccc4c3sc3ccccc34)cc2)cc1. The van der Waals surface area contributed by atoms with Crippen LogP contribution in [0.25, 0.3) is 86.6 Å². The molecular weight excluding hydrogens is 755 g/mol. The van der Waals surface area contributed by atoms with Gasteiger partial charge in [-0.05, 0) is 110 Å². The molecule has 0 atom stereocenters. The van der Waals surface area contributed by atoms with E-state index >= 15 is 0 Å². The molecule has 288 valence electrons. The van der Waals surface area contributed by atoms with Crippen molar-refractivity contribution in [3.05, 3.63) is 236 Å². The number of aryl methyl sites for hydroxylation is 1. The van der Waals surface area contributed by atoms with E-state index in [0.29, 0.717) is 0 Å². The molecule has 0 fully saturated rings. The summed E-state index contributed by atoms with van der Waals surface area (Å²) in [5.41, 5.74) is 16.8. The van der Waals surface area contributed by atoms with E-state index < -0.39 is 0 Å². The Morgan fingerprint density at radius 1 is 0.328 bits per heavy atom. The molecule has 0 aliphatic carbocycles. The number of rotatable bonds is 8. The molecular formula is C59H41NS. The average Bonchev–Trinajstić information content (AvgIpc) is 3.72. The fourth-order valence-electron chi connectivity index (χ4n) is 9.03. The van der Waals surface area contributed by atoms with Gasteiger partial charge in [-0.15, -0.1) is 11.3 Å². The number of benzene rings is 10. The van der Waals surface area contributed by atoms with Gasteiger partial charge in [-0.2, -0.15) is 0 Å². The Bertz CT molecular complexity index is 3340. The van der Waals surface area contributed by atoms with Crippen LogP contribution in [0.1, 0.15) is 5.56 Å². The van der Waals surface area contributed by atoms with Crippen LogP contribution in [0.3, 0.4) is 0 Å². The monoisotopic (exact) mass is 795 g/mol. The van der Waals surface area contributed by atoms with E-state index in [9.17, 15) is 0 Å². The maximum Gasteiger partial charge on any atom is 0.0640 e. The second-order valence-electron chi connectivity index (χ2n) is 15.7. The van der Waals surface area contributed by atoms with E-state index in [-0.39, 0.29) is 0 Å². The first-order valence-electron chi connectivity index (χ1n) is 20.9. The third-order valence-electron chi connectivity index (χ3n) is 12.0. The molecule has 0 N–H and O–H groups in total. The standard InChI is InChI=1S/C59H41NS/c1-40-28-30-42(31-29-40)48-18-5-7-20-52(48)53-21-8-6-19-49(53)43-32-36-46(37-33-43)60(56-26-13-25-55-54-22-9-10-27-57(54)61-59(55)56)47-38-34-44(35-39-47)51-24-12-17-45-16-11-23-50(58(45)51)41-14-3-2-4-15-41/h2-39H,1H3. The Hall–Kier alpha value is -7.52. The molecule has 11 rings (SSSR count). The highest BCUT2D eigenvalue weighted by atomic mass is 32.1. The second kappa shape index (κ2) is 15.6. The number of thiophene rings is 1. The van der Waals surface area contributed by atoms with Crippen molar-refractivity contribution in [1.82, 2.24) is 0 Å². The van der Waals surface area contributed by atoms with Gasteiger partial charge in [-0.25, -0.2) is 0 Å². The van der Waals surface area contributed by atoms with Gasteiger partial charge < -0.3 is 4.90 Å². The molecule has 0 aliphatic heterocycles. The third-order valence-corrected chi connectivity index (χ3v) is 13.2. The zero-order chi connectivity index (χ0) is 40.7. The van der Waals surface area contributed by atoms with Gasteiger partial charge in [0.15, 0.2) is 0 Å². The summed E-state index contributed by atoms with van der Waals surface area (Å²) < 4.78 is 2.57. The Morgan fingerprint density at radius 3 is 1.38 bits per heavy atom. The predicted octanol–water partition coefficient (Wildman–Crippen LogP) is 17.3. The van der Waals surface area contributed by atoms with E-state index in [1.807, 2.05) is 11.3 Å². The summed E-state index contributed by atoms with van der Waals surface area (Å²) in [5.74, 6) is 0. The van der Waals surface area contributed by atoms with E-state index in [1.165, 1.54) is 97.8 Å². The van der Waals surface area contributed by atoms with Gasteiger partial charge in [0.1, 0.15) is 0 Å². The zero-order valence-electron chi connectivity index (χ0n) is 33.8. The highest BCUT2D eigenvalue weighted by molar-refractivity contribution is 7.26. The van der Waals surface area contributed by atoms with Crippen LogP contribution in [-0.4, -0.2) is 0 Å². The maximum atomic E-state index is 2.43. The Morgan fingerprint density at radius 2 is 0.770 bits per heavy atom. The molecule has 1 heterocycles. The van der Waals surface area contributed by atoms with Crippen LogP contribution in [0.4, 0.5) is 17.1 Å². The van der Waals surface area contributed by atoms with Crippen LogP contribution in [0.15, 0.2) is 231 Å². The minimum Gasteiger partial charge on any atom is -0.309 e. The van der Waals surface area contributed by atoms with E-state index in [0.717, 1.165) is 11.4 Å². The fraction of sp³-hybridized carbons (Fsp3) is 0.0169. The molecule has 10 aromatic carbocycles. The number of fused-ring (bicyclic) bond motifs is 4. The van der Waals surface area contributed by atoms with Crippen LogP contribution in [0.2, 0.25) is 0 Å². The molecule has 0 unspecified atom stereocenters. The summed E-state index contributed by atoms with van der Waals surface area (Å²) in [4.78, 5) is 2.43. The van der Waals surface area contributed by atoms with Crippen molar-refractivity contribution in [2.75, 3.05) is 4.90 Å². The highest BCUT2D eigenvalue weighted by Gasteiger charge is 2.20. The number of hydrogen-bond donors (Lipinski definition) is 0. The maximum absolute atomic E-state index is 2.43. The topological polar surface area (TPSA) is 3.24 Å². The lowest BCUT2D eigenvalue weighted by Crippen LogP contribution is -2.10. The summed E-state index contributed by atoms with van der Waals surface area (Å²) in [6, 6.07) is 84.2. The predicted molar refractivity (Wildman–Crippen MR) is 263 cm³/mol. The Balaban J connectivity index is 1.03. The highest BCUT2D eigenvalue weighted by Crippen LogP contribution is 2.46. The van der Waals surface area contributed by atoms with E-state index in [2.05, 4.69) is 242 Å². The minimum atomic E-state index is 1.11. The summed E-state index contributed by atoms with van der Waals surface area (Å²) in [7, 11) is 0. The zero-order valence-corrected chi connectivity index (χ0v) is 34.6. The lowest BCUT2D eigenvalue weighted by molar-refractivity contribution is 1.30. The molecule has 0 saturated heterocycles. The first-order chi connectivity index (χ1) is 30.2. The smallest absolute Gasteiger partial charge is 0.0640 e. The quantitative estimate of drug-likeness (QED) is 0.148. The molecule has 0 bridgehead atoms. The number of nitrogens with zero attached hydrogens (tertiary/aromatic N) is 1. The van der Waals surface area contributed by atoms with Crippen molar-refractivity contribution in [1.29, 1.82) is 0 Å². The van der Waals surface area contributed by atoms with Gasteiger partial charge in [0.05, 0.1) is 10.4 Å². The third kappa shape index (κ3) is 6.68. The molecule has 0 aliphatic rings. The first kappa shape index (κ1) is 36.6. The summed E-state index contributed by atoms with van der Waals surface area (Å²) in [5, 5.41) is 5.08. The van der Waals surface area contributed by atoms with Crippen molar-refractivity contribution >= 4 is 59.3 Å². The first-order valence-corrected chi connectivity index (χ1v) is 21.7. The number of anilines is 3. The molecule has 1 nitrogen and oxygen atoms in total. The van der Waals surface area contributed by atoms with Gasteiger partial charge in [0.2, 0.25) is 0 Å². The Labute approximate surface area is 361 Å². The van der Waals surface area contributed by atoms with Gasteiger partial charge in [-0.3, -0.25) is 0 Å². The van der Waals surface area contributed by atoms with Crippen LogP contribution in [0, 0.1) is 6.92 Å². The van der Waals surface area contributed by atoms with Crippen LogP contribution in [0.5, 0.6) is 0 Å². The van der Waals surface area contributed by atoms with Gasteiger partial charge in [-0.1, -0.05) is 200 Å². The molecule has 61 heavy (non-hydrogen) atoms. The van der Waals surface area contributed by atoms with E-state index in [4.69, 9.17) is 0 Å². The van der Waals surface area contributed by atoms with Gasteiger partial charge in [0.25, 0.3) is 0 Å². The molecule has 0 radical (unpaired) electrons.